The molecule has 3 nitrogen and oxygen atoms in total. The van der Waals surface area contributed by atoms with Crippen molar-refractivity contribution in [2.45, 2.75) is 13.0 Å². The Bertz CT molecular complexity index is 733. The van der Waals surface area contributed by atoms with E-state index in [1.54, 1.807) is 18.4 Å². The molecule has 0 fully saturated rings. The van der Waals surface area contributed by atoms with E-state index < -0.39 is 0 Å². The largest absolute Gasteiger partial charge is 0.497 e. The lowest BCUT2D eigenvalue weighted by atomic mass is 10.00. The standard InChI is InChI=1S/C17H18N2OS/c1-11-9-13(20-2)7-8-14(11)17(19-18)16-10-12-5-3-4-6-15(12)21-16/h3-10,17,19H,18H2,1-2H3. The van der Waals surface area contributed by atoms with Crippen molar-refractivity contribution >= 4 is 21.4 Å². The Balaban J connectivity index is 2.05. The van der Waals surface area contributed by atoms with E-state index in [-0.39, 0.29) is 6.04 Å². The van der Waals surface area contributed by atoms with Crippen LogP contribution in [-0.4, -0.2) is 7.11 Å². The number of benzene rings is 2. The van der Waals surface area contributed by atoms with Gasteiger partial charge < -0.3 is 4.74 Å². The molecule has 0 saturated heterocycles. The lowest BCUT2D eigenvalue weighted by Crippen LogP contribution is -2.28. The Morgan fingerprint density at radius 1 is 1.14 bits per heavy atom. The van der Waals surface area contributed by atoms with E-state index in [0.717, 1.165) is 11.3 Å². The summed E-state index contributed by atoms with van der Waals surface area (Å²) in [5.41, 5.74) is 5.28. The molecule has 0 bridgehead atoms. The van der Waals surface area contributed by atoms with Crippen LogP contribution in [0.25, 0.3) is 10.1 Å². The highest BCUT2D eigenvalue weighted by atomic mass is 32.1. The van der Waals surface area contributed by atoms with E-state index >= 15 is 0 Å². The van der Waals surface area contributed by atoms with E-state index in [1.165, 1.54) is 20.5 Å². The van der Waals surface area contributed by atoms with E-state index in [1.807, 2.05) is 12.1 Å². The van der Waals surface area contributed by atoms with Gasteiger partial charge in [0.05, 0.1) is 13.2 Å². The van der Waals surface area contributed by atoms with Gasteiger partial charge in [-0.15, -0.1) is 11.3 Å². The van der Waals surface area contributed by atoms with Crippen molar-refractivity contribution in [1.29, 1.82) is 0 Å². The topological polar surface area (TPSA) is 47.3 Å². The molecule has 1 atom stereocenters. The molecule has 3 aromatic rings. The average Bonchev–Trinajstić information content (AvgIpc) is 2.93. The number of hydrogen-bond donors (Lipinski definition) is 2. The van der Waals surface area contributed by atoms with Crippen LogP contribution in [0.4, 0.5) is 0 Å². The second kappa shape index (κ2) is 5.85. The van der Waals surface area contributed by atoms with Gasteiger partial charge in [-0.05, 0) is 47.7 Å². The second-order valence-electron chi connectivity index (χ2n) is 5.01. The molecule has 0 amide bonds. The Morgan fingerprint density at radius 2 is 1.95 bits per heavy atom. The van der Waals surface area contributed by atoms with E-state index in [2.05, 4.69) is 48.7 Å². The number of hydrogen-bond acceptors (Lipinski definition) is 4. The normalized spacial score (nSPS) is 12.5. The highest BCUT2D eigenvalue weighted by molar-refractivity contribution is 7.19. The summed E-state index contributed by atoms with van der Waals surface area (Å²) < 4.78 is 6.54. The molecule has 0 aliphatic heterocycles. The van der Waals surface area contributed by atoms with Crippen LogP contribution in [0.2, 0.25) is 0 Å². The minimum Gasteiger partial charge on any atom is -0.497 e. The van der Waals surface area contributed by atoms with Crippen LogP contribution >= 0.6 is 11.3 Å². The maximum Gasteiger partial charge on any atom is 0.119 e. The zero-order valence-corrected chi connectivity index (χ0v) is 12.9. The lowest BCUT2D eigenvalue weighted by Gasteiger charge is -2.17. The van der Waals surface area contributed by atoms with Gasteiger partial charge >= 0.3 is 0 Å². The van der Waals surface area contributed by atoms with Crippen LogP contribution in [0.15, 0.2) is 48.5 Å². The monoisotopic (exact) mass is 298 g/mol. The molecule has 1 unspecified atom stereocenters. The molecular weight excluding hydrogens is 280 g/mol. The first-order valence-corrected chi connectivity index (χ1v) is 7.63. The van der Waals surface area contributed by atoms with Crippen LogP contribution in [0, 0.1) is 6.92 Å². The number of rotatable bonds is 4. The Hall–Kier alpha value is -1.88. The molecule has 0 spiro atoms. The summed E-state index contributed by atoms with van der Waals surface area (Å²) in [6.45, 7) is 2.08. The first-order valence-electron chi connectivity index (χ1n) is 6.82. The Morgan fingerprint density at radius 3 is 2.62 bits per heavy atom. The predicted molar refractivity (Wildman–Crippen MR) is 88.7 cm³/mol. The zero-order valence-electron chi connectivity index (χ0n) is 12.1. The van der Waals surface area contributed by atoms with Gasteiger partial charge in [-0.2, -0.15) is 0 Å². The van der Waals surface area contributed by atoms with E-state index in [4.69, 9.17) is 10.6 Å². The quantitative estimate of drug-likeness (QED) is 0.569. The number of ether oxygens (including phenoxy) is 1. The van der Waals surface area contributed by atoms with Crippen molar-refractivity contribution in [2.75, 3.05) is 7.11 Å². The van der Waals surface area contributed by atoms with Crippen molar-refractivity contribution < 1.29 is 4.74 Å². The second-order valence-corrected chi connectivity index (χ2v) is 6.12. The minimum absolute atomic E-state index is 0.00620. The third-order valence-corrected chi connectivity index (χ3v) is 4.86. The number of methoxy groups -OCH3 is 1. The Labute approximate surface area is 128 Å². The molecule has 4 heteroatoms. The fourth-order valence-electron chi connectivity index (χ4n) is 2.57. The minimum atomic E-state index is -0.00620. The van der Waals surface area contributed by atoms with Gasteiger partial charge in [-0.1, -0.05) is 24.3 Å². The zero-order chi connectivity index (χ0) is 14.8. The fourth-order valence-corrected chi connectivity index (χ4v) is 3.71. The number of aryl methyl sites for hydroxylation is 1. The molecule has 108 valence electrons. The van der Waals surface area contributed by atoms with Crippen molar-refractivity contribution in [3.05, 3.63) is 64.5 Å². The first-order chi connectivity index (χ1) is 10.2. The van der Waals surface area contributed by atoms with Gasteiger partial charge in [0.1, 0.15) is 5.75 Å². The van der Waals surface area contributed by atoms with Gasteiger partial charge in [-0.3, -0.25) is 5.84 Å². The van der Waals surface area contributed by atoms with Gasteiger partial charge in [0.2, 0.25) is 0 Å². The van der Waals surface area contributed by atoms with Crippen LogP contribution < -0.4 is 16.0 Å². The van der Waals surface area contributed by atoms with Gasteiger partial charge in [0.15, 0.2) is 0 Å². The van der Waals surface area contributed by atoms with Crippen LogP contribution in [0.1, 0.15) is 22.0 Å². The molecule has 1 aromatic heterocycles. The maximum atomic E-state index is 5.82. The summed E-state index contributed by atoms with van der Waals surface area (Å²) in [6.07, 6.45) is 0. The number of thiophene rings is 1. The lowest BCUT2D eigenvalue weighted by molar-refractivity contribution is 0.414. The maximum absolute atomic E-state index is 5.82. The molecule has 1 heterocycles. The van der Waals surface area contributed by atoms with E-state index in [9.17, 15) is 0 Å². The van der Waals surface area contributed by atoms with Crippen LogP contribution in [0.5, 0.6) is 5.75 Å². The van der Waals surface area contributed by atoms with Gasteiger partial charge in [0.25, 0.3) is 0 Å². The smallest absolute Gasteiger partial charge is 0.119 e. The summed E-state index contributed by atoms with van der Waals surface area (Å²) in [5, 5.41) is 1.25. The molecule has 0 aliphatic carbocycles. The van der Waals surface area contributed by atoms with Crippen molar-refractivity contribution in [2.24, 2.45) is 5.84 Å². The average molecular weight is 298 g/mol. The molecule has 3 N–H and O–H groups in total. The van der Waals surface area contributed by atoms with Crippen molar-refractivity contribution in [3.8, 4) is 5.75 Å². The summed E-state index contributed by atoms with van der Waals surface area (Å²) in [6, 6.07) is 16.7. The SMILES string of the molecule is COc1ccc(C(NN)c2cc3ccccc3s2)c(C)c1. The fraction of sp³-hybridized carbons (Fsp3) is 0.176. The van der Waals surface area contributed by atoms with E-state index in [0.29, 0.717) is 0 Å². The van der Waals surface area contributed by atoms with Crippen molar-refractivity contribution in [3.63, 3.8) is 0 Å². The van der Waals surface area contributed by atoms with Crippen LogP contribution in [0.3, 0.4) is 0 Å². The highest BCUT2D eigenvalue weighted by Crippen LogP contribution is 2.34. The number of nitrogens with two attached hydrogens (primary N) is 1. The Kier molecular flexibility index (Phi) is 3.92. The molecule has 0 aliphatic rings. The highest BCUT2D eigenvalue weighted by Gasteiger charge is 2.17. The molecule has 0 radical (unpaired) electrons. The summed E-state index contributed by atoms with van der Waals surface area (Å²) in [5.74, 6) is 6.69. The van der Waals surface area contributed by atoms with Crippen molar-refractivity contribution in [1.82, 2.24) is 5.43 Å². The number of fused-ring (bicyclic) bond motifs is 1. The van der Waals surface area contributed by atoms with Crippen LogP contribution in [-0.2, 0) is 0 Å². The third-order valence-electron chi connectivity index (χ3n) is 3.68. The molecule has 21 heavy (non-hydrogen) atoms. The summed E-state index contributed by atoms with van der Waals surface area (Å²) in [4.78, 5) is 1.21. The molecular formula is C17H18N2OS. The molecule has 2 aromatic carbocycles. The summed E-state index contributed by atoms with van der Waals surface area (Å²) >= 11 is 1.77. The molecule has 3 rings (SSSR count). The first kappa shape index (κ1) is 14.1. The third kappa shape index (κ3) is 2.65. The number of nitrogens with one attached hydrogen (secondary N) is 1. The number of hydrazine groups is 1. The molecule has 0 saturated carbocycles. The van der Waals surface area contributed by atoms with Gasteiger partial charge in [-0.25, -0.2) is 5.43 Å². The van der Waals surface area contributed by atoms with Gasteiger partial charge in [0, 0.05) is 9.58 Å². The summed E-state index contributed by atoms with van der Waals surface area (Å²) in [7, 11) is 1.68. The predicted octanol–water partition coefficient (Wildman–Crippen LogP) is 3.77.